The van der Waals surface area contributed by atoms with E-state index in [0.29, 0.717) is 51.2 Å². The number of amides is 2. The smallest absolute Gasteiger partial charge is 0.280 e. The topological polar surface area (TPSA) is 86.7 Å². The van der Waals surface area contributed by atoms with Crippen molar-refractivity contribution in [3.8, 4) is 23.0 Å². The molecule has 2 aromatic rings. The number of fused-ring (bicyclic) bond motifs is 1. The average Bonchev–Trinajstić information content (AvgIpc) is 3.24. The van der Waals surface area contributed by atoms with E-state index < -0.39 is 5.91 Å². The molecule has 2 aliphatic rings. The Bertz CT molecular complexity index is 1120. The third-order valence-electron chi connectivity index (χ3n) is 5.08. The molecule has 0 atom stereocenters. The van der Waals surface area contributed by atoms with E-state index in [1.54, 1.807) is 36.4 Å². The lowest BCUT2D eigenvalue weighted by Gasteiger charge is -2.17. The van der Waals surface area contributed by atoms with Gasteiger partial charge in [-0.05, 0) is 29.8 Å². The van der Waals surface area contributed by atoms with Crippen LogP contribution in [0.2, 0.25) is 0 Å². The second kappa shape index (κ2) is 7.55. The Morgan fingerprint density at radius 1 is 0.800 bits per heavy atom. The molecular weight excluding hydrogens is 388 g/mol. The number of anilines is 1. The summed E-state index contributed by atoms with van der Waals surface area (Å²) >= 11 is 0. The van der Waals surface area contributed by atoms with Crippen molar-refractivity contribution in [1.29, 1.82) is 0 Å². The van der Waals surface area contributed by atoms with Gasteiger partial charge in [-0.15, -0.1) is 0 Å². The lowest BCUT2D eigenvalue weighted by Crippen LogP contribution is -2.28. The van der Waals surface area contributed by atoms with Crippen LogP contribution >= 0.6 is 0 Å². The van der Waals surface area contributed by atoms with E-state index in [-0.39, 0.29) is 12.3 Å². The molecule has 0 unspecified atom stereocenters. The molecule has 2 aliphatic heterocycles. The maximum atomic E-state index is 12.8. The van der Waals surface area contributed by atoms with Crippen LogP contribution in [0.1, 0.15) is 12.0 Å². The molecule has 0 bridgehead atoms. The number of carbonyl (C=O) groups excluding carboxylic acids is 2. The van der Waals surface area contributed by atoms with Crippen LogP contribution in [0.3, 0.4) is 0 Å². The molecule has 0 aliphatic carbocycles. The zero-order chi connectivity index (χ0) is 21.4. The summed E-state index contributed by atoms with van der Waals surface area (Å²) in [5.74, 6) is 1.82. The Labute approximate surface area is 173 Å². The average molecular weight is 408 g/mol. The molecule has 2 aromatic carbocycles. The van der Waals surface area contributed by atoms with Crippen molar-refractivity contribution in [3.05, 3.63) is 47.5 Å². The van der Waals surface area contributed by atoms with Crippen molar-refractivity contribution < 1.29 is 28.5 Å². The van der Waals surface area contributed by atoms with Gasteiger partial charge in [-0.1, -0.05) is 6.07 Å². The SMILES string of the molecule is COc1ccc(C2=C3CC(=O)N(c4ccc(OC)c(OC)c4)C3=NC2=O)cc1OC. The molecule has 8 heteroatoms. The number of hydrogen-bond donors (Lipinski definition) is 0. The normalized spacial score (nSPS) is 15.3. The molecule has 4 rings (SSSR count). The van der Waals surface area contributed by atoms with Crippen LogP contribution in [0.25, 0.3) is 5.57 Å². The number of benzene rings is 2. The van der Waals surface area contributed by atoms with Crippen molar-refractivity contribution in [3.63, 3.8) is 0 Å². The van der Waals surface area contributed by atoms with Gasteiger partial charge in [0.25, 0.3) is 5.91 Å². The highest BCUT2D eigenvalue weighted by Crippen LogP contribution is 2.41. The summed E-state index contributed by atoms with van der Waals surface area (Å²) in [4.78, 5) is 31.2. The summed E-state index contributed by atoms with van der Waals surface area (Å²) in [6.45, 7) is 0. The Kier molecular flexibility index (Phi) is 4.91. The summed E-state index contributed by atoms with van der Waals surface area (Å²) in [7, 11) is 6.12. The summed E-state index contributed by atoms with van der Waals surface area (Å²) in [6.07, 6.45) is 0.0720. The van der Waals surface area contributed by atoms with E-state index >= 15 is 0 Å². The van der Waals surface area contributed by atoms with Gasteiger partial charge >= 0.3 is 0 Å². The molecule has 8 nitrogen and oxygen atoms in total. The number of rotatable bonds is 6. The largest absolute Gasteiger partial charge is 0.493 e. The zero-order valence-corrected chi connectivity index (χ0v) is 17.0. The van der Waals surface area contributed by atoms with Crippen molar-refractivity contribution in [2.45, 2.75) is 6.42 Å². The van der Waals surface area contributed by atoms with Gasteiger partial charge in [0.15, 0.2) is 23.0 Å². The van der Waals surface area contributed by atoms with Crippen molar-refractivity contribution >= 4 is 28.9 Å². The van der Waals surface area contributed by atoms with Crippen LogP contribution in [0.4, 0.5) is 5.69 Å². The first-order valence-electron chi connectivity index (χ1n) is 9.16. The Balaban J connectivity index is 1.78. The number of hydrogen-bond acceptors (Lipinski definition) is 6. The zero-order valence-electron chi connectivity index (χ0n) is 17.0. The minimum atomic E-state index is -0.398. The predicted molar refractivity (Wildman–Crippen MR) is 111 cm³/mol. The number of aliphatic imine (C=N–C) groups is 1. The highest BCUT2D eigenvalue weighted by molar-refractivity contribution is 6.44. The molecule has 0 spiro atoms. The first-order valence-corrected chi connectivity index (χ1v) is 9.16. The highest BCUT2D eigenvalue weighted by atomic mass is 16.5. The lowest BCUT2D eigenvalue weighted by atomic mass is 9.99. The second-order valence-electron chi connectivity index (χ2n) is 6.61. The molecule has 1 saturated heterocycles. The minimum absolute atomic E-state index is 0.0720. The van der Waals surface area contributed by atoms with Crippen LogP contribution in [0.5, 0.6) is 23.0 Å². The quantitative estimate of drug-likeness (QED) is 0.731. The maximum Gasteiger partial charge on any atom is 0.280 e. The van der Waals surface area contributed by atoms with Crippen molar-refractivity contribution in [1.82, 2.24) is 0 Å². The monoisotopic (exact) mass is 408 g/mol. The predicted octanol–water partition coefficient (Wildman–Crippen LogP) is 2.85. The number of carbonyl (C=O) groups is 2. The fraction of sp³-hybridized carbons (Fsp3) is 0.227. The third kappa shape index (κ3) is 2.97. The van der Waals surface area contributed by atoms with E-state index in [0.717, 1.165) is 0 Å². The van der Waals surface area contributed by atoms with Crippen molar-refractivity contribution in [2.75, 3.05) is 33.3 Å². The lowest BCUT2D eigenvalue weighted by molar-refractivity contribution is -0.116. The number of amidine groups is 1. The second-order valence-corrected chi connectivity index (χ2v) is 6.61. The van der Waals surface area contributed by atoms with Gasteiger partial charge in [0, 0.05) is 11.6 Å². The molecule has 154 valence electrons. The van der Waals surface area contributed by atoms with Gasteiger partial charge in [0.2, 0.25) is 5.91 Å². The highest BCUT2D eigenvalue weighted by Gasteiger charge is 2.41. The molecule has 30 heavy (non-hydrogen) atoms. The maximum absolute atomic E-state index is 12.8. The Hall–Kier alpha value is -3.81. The fourth-order valence-corrected chi connectivity index (χ4v) is 3.68. The summed E-state index contributed by atoms with van der Waals surface area (Å²) < 4.78 is 21.2. The number of ether oxygens (including phenoxy) is 4. The van der Waals surface area contributed by atoms with E-state index in [4.69, 9.17) is 18.9 Å². The molecule has 0 aromatic heterocycles. The standard InChI is InChI=1S/C22H20N2O6/c1-27-15-7-5-12(9-17(15)29-3)20-14-11-19(25)24(21(14)23-22(20)26)13-6-8-16(28-2)18(10-13)30-4/h5-10H,11H2,1-4H3. The Morgan fingerprint density at radius 2 is 1.40 bits per heavy atom. The van der Waals surface area contributed by atoms with E-state index in [1.165, 1.54) is 33.3 Å². The van der Waals surface area contributed by atoms with Gasteiger partial charge in [-0.25, -0.2) is 0 Å². The van der Waals surface area contributed by atoms with Crippen LogP contribution in [-0.2, 0) is 9.59 Å². The van der Waals surface area contributed by atoms with E-state index in [1.807, 2.05) is 0 Å². The first-order chi connectivity index (χ1) is 14.5. The number of nitrogens with zero attached hydrogens (tertiary/aromatic N) is 2. The molecule has 2 heterocycles. The summed E-state index contributed by atoms with van der Waals surface area (Å²) in [6, 6.07) is 10.3. The van der Waals surface area contributed by atoms with E-state index in [2.05, 4.69) is 4.99 Å². The minimum Gasteiger partial charge on any atom is -0.493 e. The van der Waals surface area contributed by atoms with Gasteiger partial charge in [0.1, 0.15) is 5.84 Å². The fourth-order valence-electron chi connectivity index (χ4n) is 3.68. The van der Waals surface area contributed by atoms with Crippen LogP contribution in [0.15, 0.2) is 47.0 Å². The van der Waals surface area contributed by atoms with Gasteiger partial charge < -0.3 is 18.9 Å². The van der Waals surface area contributed by atoms with Gasteiger partial charge in [-0.2, -0.15) is 4.99 Å². The van der Waals surface area contributed by atoms with Gasteiger partial charge in [0.05, 0.1) is 46.1 Å². The third-order valence-corrected chi connectivity index (χ3v) is 5.08. The van der Waals surface area contributed by atoms with Crippen molar-refractivity contribution in [2.24, 2.45) is 4.99 Å². The van der Waals surface area contributed by atoms with Crippen LogP contribution in [-0.4, -0.2) is 46.1 Å². The molecular formula is C22H20N2O6. The summed E-state index contributed by atoms with van der Waals surface area (Å²) in [5, 5.41) is 0. The Morgan fingerprint density at radius 3 is 2.03 bits per heavy atom. The van der Waals surface area contributed by atoms with Crippen LogP contribution < -0.4 is 23.8 Å². The van der Waals surface area contributed by atoms with E-state index in [9.17, 15) is 9.59 Å². The molecule has 0 saturated carbocycles. The molecule has 1 fully saturated rings. The number of methoxy groups -OCH3 is 4. The first kappa shape index (κ1) is 19.5. The summed E-state index contributed by atoms with van der Waals surface area (Å²) in [5.41, 5.74) is 2.15. The van der Waals surface area contributed by atoms with Crippen LogP contribution in [0, 0.1) is 0 Å². The molecule has 2 amide bonds. The van der Waals surface area contributed by atoms with Gasteiger partial charge in [-0.3, -0.25) is 14.5 Å². The molecule has 0 radical (unpaired) electrons. The molecule has 0 N–H and O–H groups in total.